The largest absolute Gasteiger partial charge is 0.493 e. The third-order valence-corrected chi connectivity index (χ3v) is 9.54. The summed E-state index contributed by atoms with van der Waals surface area (Å²) >= 11 is 6.65. The lowest BCUT2D eigenvalue weighted by atomic mass is 9.99. The molecule has 7 rings (SSSR count). The van der Waals surface area contributed by atoms with Gasteiger partial charge in [-0.05, 0) is 72.8 Å². The van der Waals surface area contributed by atoms with Gasteiger partial charge in [-0.15, -0.1) is 0 Å². The highest BCUT2D eigenvalue weighted by Gasteiger charge is 2.23. The second kappa shape index (κ2) is 16.9. The van der Waals surface area contributed by atoms with E-state index in [1.54, 1.807) is 55.6 Å². The van der Waals surface area contributed by atoms with Crippen molar-refractivity contribution in [1.29, 1.82) is 0 Å². The Morgan fingerprint density at radius 2 is 1.24 bits per heavy atom. The molecule has 11 heteroatoms. The highest BCUT2D eigenvalue weighted by atomic mass is 79.9. The van der Waals surface area contributed by atoms with Crippen LogP contribution in [0.2, 0.25) is 0 Å². The molecule has 4 aromatic carbocycles. The number of anilines is 2. The molecule has 0 radical (unpaired) electrons. The summed E-state index contributed by atoms with van der Waals surface area (Å²) in [4.78, 5) is 37.5. The van der Waals surface area contributed by atoms with Gasteiger partial charge in [0.1, 0.15) is 11.9 Å². The number of Topliss-reactive ketones (excluding diaryl/α,β-unsaturated/α-hetero) is 2. The Hall–Kier alpha value is -4.84. The molecule has 3 heterocycles. The molecular weight excluding hydrogens is 776 g/mol. The van der Waals surface area contributed by atoms with Gasteiger partial charge in [-0.1, -0.05) is 56.1 Å². The summed E-state index contributed by atoms with van der Waals surface area (Å²) in [6, 6.07) is 32.6. The fourth-order valence-corrected chi connectivity index (χ4v) is 6.18. The van der Waals surface area contributed by atoms with E-state index in [0.29, 0.717) is 11.1 Å². The van der Waals surface area contributed by atoms with E-state index in [-0.39, 0.29) is 18.0 Å². The SMILES string of the molecule is COC(CC(=O)c1ccc(Br)cc1)C(=O)c1ccc(Br)cc1.COc1cc(-c2ccc(N3C=NCC3)cc2)oc1-c1ccc(N2C=NCC2)cc1. The topological polar surface area (TPSA) is 96.9 Å². The summed E-state index contributed by atoms with van der Waals surface area (Å²) in [5, 5.41) is 0. The molecule has 260 valence electrons. The predicted molar refractivity (Wildman–Crippen MR) is 210 cm³/mol. The van der Waals surface area contributed by atoms with Gasteiger partial charge in [-0.2, -0.15) is 0 Å². The number of benzene rings is 4. The van der Waals surface area contributed by atoms with Gasteiger partial charge in [0.2, 0.25) is 0 Å². The molecule has 2 aliphatic rings. The summed E-state index contributed by atoms with van der Waals surface area (Å²) in [7, 11) is 3.11. The van der Waals surface area contributed by atoms with Crippen LogP contribution in [0.1, 0.15) is 27.1 Å². The predicted octanol–water partition coefficient (Wildman–Crippen LogP) is 9.00. The summed E-state index contributed by atoms with van der Waals surface area (Å²) in [5.41, 5.74) is 5.35. The fraction of sp³-hybridized carbons (Fsp3) is 0.200. The van der Waals surface area contributed by atoms with Gasteiger partial charge in [0, 0.05) is 75.3 Å². The van der Waals surface area contributed by atoms with Gasteiger partial charge in [0.15, 0.2) is 23.1 Å². The number of nitrogens with zero attached hydrogens (tertiary/aromatic N) is 4. The van der Waals surface area contributed by atoms with Crippen molar-refractivity contribution in [2.75, 3.05) is 50.2 Å². The standard InChI is InChI=1S/C23H22N4O2.C17H14Br2O3/c1-28-22-14-21(17-2-6-19(7-3-17)26-12-10-24-15-26)29-23(22)18-4-8-20(9-5-18)27-13-11-25-16-27;1-22-16(17(21)12-4-8-14(19)9-5-12)10-15(20)11-2-6-13(18)7-3-11/h2-9,14-16H,10-13H2,1H3;2-9,16H,10H2,1H3. The summed E-state index contributed by atoms with van der Waals surface area (Å²) in [6.07, 6.45) is 3.02. The first-order chi connectivity index (χ1) is 24.8. The van der Waals surface area contributed by atoms with Crippen LogP contribution in [-0.4, -0.2) is 70.7 Å². The van der Waals surface area contributed by atoms with Crippen LogP contribution in [0.25, 0.3) is 22.6 Å². The Balaban J connectivity index is 0.000000183. The minimum Gasteiger partial charge on any atom is -0.493 e. The Morgan fingerprint density at radius 3 is 1.71 bits per heavy atom. The maximum absolute atomic E-state index is 12.4. The van der Waals surface area contributed by atoms with E-state index >= 15 is 0 Å². The number of ether oxygens (including phenoxy) is 2. The van der Waals surface area contributed by atoms with Crippen LogP contribution in [0.4, 0.5) is 11.4 Å². The van der Waals surface area contributed by atoms with Crippen molar-refractivity contribution in [2.45, 2.75) is 12.5 Å². The van der Waals surface area contributed by atoms with Crippen LogP contribution in [0, 0.1) is 0 Å². The number of carbonyl (C=O) groups is 2. The maximum Gasteiger partial charge on any atom is 0.191 e. The number of aliphatic imine (C=N–C) groups is 2. The Bertz CT molecular complexity index is 2010. The number of methoxy groups -OCH3 is 2. The summed E-state index contributed by atoms with van der Waals surface area (Å²) < 4.78 is 18.8. The average Bonchev–Trinajstić information content (AvgIpc) is 3.98. The molecule has 9 nitrogen and oxygen atoms in total. The third-order valence-electron chi connectivity index (χ3n) is 8.49. The molecular formula is C40H36Br2N4O5. The second-order valence-corrected chi connectivity index (χ2v) is 13.6. The Kier molecular flexibility index (Phi) is 11.9. The molecule has 5 aromatic rings. The number of hydrogen-bond acceptors (Lipinski definition) is 9. The molecule has 0 saturated heterocycles. The van der Waals surface area contributed by atoms with Crippen LogP contribution in [0.5, 0.6) is 5.75 Å². The van der Waals surface area contributed by atoms with Gasteiger partial charge in [0.05, 0.1) is 32.9 Å². The van der Waals surface area contributed by atoms with Crippen molar-refractivity contribution in [2.24, 2.45) is 9.98 Å². The van der Waals surface area contributed by atoms with Crippen molar-refractivity contribution >= 4 is 67.5 Å². The van der Waals surface area contributed by atoms with E-state index in [4.69, 9.17) is 13.9 Å². The van der Waals surface area contributed by atoms with E-state index in [9.17, 15) is 9.59 Å². The van der Waals surface area contributed by atoms with E-state index in [1.807, 2.05) is 18.7 Å². The smallest absolute Gasteiger partial charge is 0.191 e. The molecule has 51 heavy (non-hydrogen) atoms. The van der Waals surface area contributed by atoms with Crippen molar-refractivity contribution in [3.8, 4) is 28.4 Å². The number of hydrogen-bond donors (Lipinski definition) is 0. The van der Waals surface area contributed by atoms with Crippen LogP contribution in [0.3, 0.4) is 0 Å². The fourth-order valence-electron chi connectivity index (χ4n) is 5.65. The summed E-state index contributed by atoms with van der Waals surface area (Å²) in [5.74, 6) is 1.94. The van der Waals surface area contributed by atoms with Gasteiger partial charge in [-0.25, -0.2) is 0 Å². The first kappa shape index (κ1) is 36.0. The molecule has 0 amide bonds. The monoisotopic (exact) mass is 810 g/mol. The lowest BCUT2D eigenvalue weighted by Crippen LogP contribution is -2.26. The number of halogens is 2. The van der Waals surface area contributed by atoms with E-state index in [2.05, 4.69) is 100 Å². The molecule has 0 fully saturated rings. The number of carbonyl (C=O) groups excluding carboxylic acids is 2. The Morgan fingerprint density at radius 1 is 0.725 bits per heavy atom. The first-order valence-corrected chi connectivity index (χ1v) is 17.9. The zero-order chi connectivity index (χ0) is 35.7. The average molecular weight is 813 g/mol. The molecule has 1 unspecified atom stereocenters. The van der Waals surface area contributed by atoms with Crippen molar-refractivity contribution in [3.05, 3.63) is 123 Å². The molecule has 0 aliphatic carbocycles. The molecule has 2 aliphatic heterocycles. The highest BCUT2D eigenvalue weighted by molar-refractivity contribution is 9.10. The molecule has 0 spiro atoms. The van der Waals surface area contributed by atoms with E-state index < -0.39 is 6.10 Å². The molecule has 0 bridgehead atoms. The van der Waals surface area contributed by atoms with Crippen LogP contribution < -0.4 is 14.5 Å². The minimum atomic E-state index is -0.780. The zero-order valence-corrected chi connectivity index (χ0v) is 31.3. The highest BCUT2D eigenvalue weighted by Crippen LogP contribution is 2.38. The minimum absolute atomic E-state index is 0.0209. The summed E-state index contributed by atoms with van der Waals surface area (Å²) in [6.45, 7) is 3.55. The van der Waals surface area contributed by atoms with Gasteiger partial charge in [0.25, 0.3) is 0 Å². The van der Waals surface area contributed by atoms with Crippen LogP contribution in [-0.2, 0) is 4.74 Å². The normalized spacial score (nSPS) is 14.0. The number of ketones is 2. The Labute approximate surface area is 313 Å². The lowest BCUT2D eigenvalue weighted by molar-refractivity contribution is 0.0545. The van der Waals surface area contributed by atoms with Gasteiger partial charge >= 0.3 is 0 Å². The van der Waals surface area contributed by atoms with Gasteiger partial charge < -0.3 is 23.7 Å². The van der Waals surface area contributed by atoms with Crippen molar-refractivity contribution < 1.29 is 23.5 Å². The van der Waals surface area contributed by atoms with Crippen LogP contribution >= 0.6 is 31.9 Å². The van der Waals surface area contributed by atoms with Crippen LogP contribution in [0.15, 0.2) is 126 Å². The van der Waals surface area contributed by atoms with Crippen molar-refractivity contribution in [3.63, 3.8) is 0 Å². The zero-order valence-electron chi connectivity index (χ0n) is 28.2. The van der Waals surface area contributed by atoms with Gasteiger partial charge in [-0.3, -0.25) is 19.6 Å². The number of furan rings is 1. The molecule has 0 saturated carbocycles. The first-order valence-electron chi connectivity index (χ1n) is 16.4. The molecule has 1 aromatic heterocycles. The molecule has 0 N–H and O–H groups in total. The maximum atomic E-state index is 12.4. The van der Waals surface area contributed by atoms with E-state index in [0.717, 1.165) is 74.9 Å². The third kappa shape index (κ3) is 8.91. The number of rotatable bonds is 11. The lowest BCUT2D eigenvalue weighted by Gasteiger charge is -2.14. The second-order valence-electron chi connectivity index (χ2n) is 11.8. The molecule has 1 atom stereocenters. The van der Waals surface area contributed by atoms with E-state index in [1.165, 1.54) is 7.11 Å². The van der Waals surface area contributed by atoms with Crippen molar-refractivity contribution in [1.82, 2.24) is 0 Å². The quantitative estimate of drug-likeness (QED) is 0.123.